The summed E-state index contributed by atoms with van der Waals surface area (Å²) >= 11 is 0. The lowest BCUT2D eigenvalue weighted by atomic mass is 10.1. The number of unbranched alkanes of at least 4 members (excludes halogenated alkanes) is 23. The van der Waals surface area contributed by atoms with Gasteiger partial charge in [-0.05, 0) is 83.5 Å². The molecule has 0 aliphatic heterocycles. The first kappa shape index (κ1) is 57.3. The Balaban J connectivity index is 4.36. The van der Waals surface area contributed by atoms with Crippen molar-refractivity contribution in [2.75, 3.05) is 19.8 Å². The van der Waals surface area contributed by atoms with Gasteiger partial charge in [-0.1, -0.05) is 216 Å². The molecule has 0 saturated carbocycles. The highest BCUT2D eigenvalue weighted by atomic mass is 16.6. The van der Waals surface area contributed by atoms with E-state index >= 15 is 0 Å². The Kier molecular flexibility index (Phi) is 48.4. The van der Waals surface area contributed by atoms with Crippen LogP contribution in [-0.2, 0) is 23.8 Å². The minimum absolute atomic E-state index is 0.0603. The third-order valence-corrected chi connectivity index (χ3v) is 10.7. The number of esters is 2. The monoisotopic (exact) mass is 837 g/mol. The largest absolute Gasteiger partial charge is 0.462 e. The van der Waals surface area contributed by atoms with E-state index < -0.39 is 6.10 Å². The van der Waals surface area contributed by atoms with E-state index in [1.54, 1.807) is 0 Å². The van der Waals surface area contributed by atoms with Crippen molar-refractivity contribution in [3.05, 3.63) is 72.9 Å². The predicted octanol–water partition coefficient (Wildman–Crippen LogP) is 17.1. The Bertz CT molecular complexity index is 1080. The third-order valence-electron chi connectivity index (χ3n) is 10.7. The average Bonchev–Trinajstić information content (AvgIpc) is 3.25. The van der Waals surface area contributed by atoms with Gasteiger partial charge in [0, 0.05) is 19.4 Å². The van der Waals surface area contributed by atoms with Crippen molar-refractivity contribution in [1.29, 1.82) is 0 Å². The van der Waals surface area contributed by atoms with Crippen molar-refractivity contribution in [3.63, 3.8) is 0 Å². The summed E-state index contributed by atoms with van der Waals surface area (Å²) in [5.41, 5.74) is 0. The Morgan fingerprint density at radius 2 is 0.767 bits per heavy atom. The van der Waals surface area contributed by atoms with E-state index in [4.69, 9.17) is 14.2 Å². The number of carbonyl (C=O) groups is 2. The first-order valence-electron chi connectivity index (χ1n) is 25.5. The van der Waals surface area contributed by atoms with E-state index in [2.05, 4.69) is 93.7 Å². The molecule has 5 nitrogen and oxygen atoms in total. The maximum absolute atomic E-state index is 12.8. The van der Waals surface area contributed by atoms with Gasteiger partial charge < -0.3 is 14.2 Å². The number of ether oxygens (including phenoxy) is 3. The van der Waals surface area contributed by atoms with E-state index in [1.165, 1.54) is 135 Å². The van der Waals surface area contributed by atoms with Crippen molar-refractivity contribution in [2.24, 2.45) is 0 Å². The first-order chi connectivity index (χ1) is 29.6. The fourth-order valence-electron chi connectivity index (χ4n) is 6.95. The summed E-state index contributed by atoms with van der Waals surface area (Å²) in [6.45, 7) is 7.64. The summed E-state index contributed by atoms with van der Waals surface area (Å²) in [5.74, 6) is -0.465. The molecule has 0 aromatic rings. The van der Waals surface area contributed by atoms with E-state index in [1.807, 2.05) is 0 Å². The summed E-state index contributed by atoms with van der Waals surface area (Å²) < 4.78 is 17.3. The zero-order valence-electron chi connectivity index (χ0n) is 39.7. The minimum Gasteiger partial charge on any atom is -0.462 e. The summed E-state index contributed by atoms with van der Waals surface area (Å²) in [6.07, 6.45) is 64.8. The van der Waals surface area contributed by atoms with Crippen LogP contribution in [0, 0.1) is 0 Å². The van der Waals surface area contributed by atoms with E-state index in [-0.39, 0.29) is 25.2 Å². The van der Waals surface area contributed by atoms with Crippen LogP contribution in [0.1, 0.15) is 239 Å². The fraction of sp³-hybridized carbons (Fsp3) is 0.745. The van der Waals surface area contributed by atoms with Crippen LogP contribution >= 0.6 is 0 Å². The topological polar surface area (TPSA) is 61.8 Å². The van der Waals surface area contributed by atoms with Crippen LogP contribution in [0.2, 0.25) is 0 Å². The van der Waals surface area contributed by atoms with E-state index in [0.29, 0.717) is 19.4 Å². The molecule has 0 aliphatic rings. The Morgan fingerprint density at radius 3 is 1.27 bits per heavy atom. The molecule has 60 heavy (non-hydrogen) atoms. The summed E-state index contributed by atoms with van der Waals surface area (Å²) in [4.78, 5) is 25.3. The molecule has 0 heterocycles. The Hall–Kier alpha value is -2.66. The van der Waals surface area contributed by atoms with Gasteiger partial charge in [0.15, 0.2) is 6.10 Å². The molecule has 0 aromatic carbocycles. The fourth-order valence-corrected chi connectivity index (χ4v) is 6.95. The van der Waals surface area contributed by atoms with Crippen molar-refractivity contribution in [2.45, 2.75) is 245 Å². The summed E-state index contributed by atoms with van der Waals surface area (Å²) in [7, 11) is 0. The highest BCUT2D eigenvalue weighted by Crippen LogP contribution is 2.14. The van der Waals surface area contributed by atoms with Crippen LogP contribution in [0.5, 0.6) is 0 Å². The third kappa shape index (κ3) is 48.0. The maximum atomic E-state index is 12.8. The lowest BCUT2D eigenvalue weighted by Crippen LogP contribution is -2.30. The molecule has 346 valence electrons. The van der Waals surface area contributed by atoms with Gasteiger partial charge in [0.1, 0.15) is 6.61 Å². The van der Waals surface area contributed by atoms with Gasteiger partial charge in [0.2, 0.25) is 0 Å². The van der Waals surface area contributed by atoms with Gasteiger partial charge in [0.05, 0.1) is 6.61 Å². The van der Waals surface area contributed by atoms with Gasteiger partial charge in [-0.2, -0.15) is 0 Å². The molecule has 5 heteroatoms. The molecule has 0 aliphatic carbocycles. The second kappa shape index (κ2) is 50.7. The molecule has 0 rings (SSSR count). The molecule has 0 aromatic heterocycles. The Labute approximate surface area is 372 Å². The second-order valence-corrected chi connectivity index (χ2v) is 16.7. The number of hydrogen-bond acceptors (Lipinski definition) is 5. The molecule has 0 N–H and O–H groups in total. The van der Waals surface area contributed by atoms with Crippen molar-refractivity contribution < 1.29 is 23.8 Å². The molecule has 0 saturated heterocycles. The van der Waals surface area contributed by atoms with E-state index in [0.717, 1.165) is 70.6 Å². The second-order valence-electron chi connectivity index (χ2n) is 16.7. The molecule has 0 bridgehead atoms. The smallest absolute Gasteiger partial charge is 0.306 e. The highest BCUT2D eigenvalue weighted by Gasteiger charge is 2.17. The zero-order valence-corrected chi connectivity index (χ0v) is 39.7. The zero-order chi connectivity index (χ0) is 43.5. The number of allylic oxidation sites excluding steroid dienone is 12. The maximum Gasteiger partial charge on any atom is 0.306 e. The molecule has 0 amide bonds. The standard InChI is InChI=1S/C55H96O5/c1-4-7-10-13-16-19-22-24-26-28-29-31-34-37-40-43-46-49-55(57)60-53(52-59-54(56)48-45-42-39-36-33-21-18-15-12-9-6-3)51-58-50-47-44-41-38-35-32-30-27-25-23-20-17-14-11-8-5-2/h7,10,16,19,24-27,29,31,37,40,53H,4-6,8-9,11-15,17-18,20-23,28,30,32-36,38-39,41-52H2,1-3H3/b10-7-,19-16-,26-24-,27-25-,31-29-,40-37-/t53-/m1/s1. The van der Waals surface area contributed by atoms with Crippen LogP contribution in [0.4, 0.5) is 0 Å². The SMILES string of the molecule is CC/C=C\C/C=C\C/C=C\C/C=C\C/C=C\CCCC(=O)O[C@H](COCCCCCCCC/C=C\CCCCCCCC)COC(=O)CCCCCCCCCCCCC. The van der Waals surface area contributed by atoms with Crippen LogP contribution in [0.15, 0.2) is 72.9 Å². The van der Waals surface area contributed by atoms with Gasteiger partial charge >= 0.3 is 11.9 Å². The number of carbonyl (C=O) groups excluding carboxylic acids is 2. The Morgan fingerprint density at radius 1 is 0.383 bits per heavy atom. The molecule has 1 atom stereocenters. The molecule has 0 fully saturated rings. The summed E-state index contributed by atoms with van der Waals surface area (Å²) in [5, 5.41) is 0. The quantitative estimate of drug-likeness (QED) is 0.0347. The average molecular weight is 837 g/mol. The van der Waals surface area contributed by atoms with E-state index in [9.17, 15) is 9.59 Å². The summed E-state index contributed by atoms with van der Waals surface area (Å²) in [6, 6.07) is 0. The normalized spacial score (nSPS) is 12.8. The van der Waals surface area contributed by atoms with Gasteiger partial charge in [-0.25, -0.2) is 0 Å². The lowest BCUT2D eigenvalue weighted by Gasteiger charge is -2.18. The van der Waals surface area contributed by atoms with Crippen molar-refractivity contribution in [1.82, 2.24) is 0 Å². The van der Waals surface area contributed by atoms with Gasteiger partial charge in [0.25, 0.3) is 0 Å². The number of rotatable bonds is 46. The van der Waals surface area contributed by atoms with Crippen LogP contribution in [-0.4, -0.2) is 37.9 Å². The van der Waals surface area contributed by atoms with Crippen molar-refractivity contribution in [3.8, 4) is 0 Å². The van der Waals surface area contributed by atoms with Crippen LogP contribution in [0.3, 0.4) is 0 Å². The van der Waals surface area contributed by atoms with Gasteiger partial charge in [-0.3, -0.25) is 9.59 Å². The predicted molar refractivity (Wildman–Crippen MR) is 260 cm³/mol. The van der Waals surface area contributed by atoms with Gasteiger partial charge in [-0.15, -0.1) is 0 Å². The molecular formula is C55H96O5. The molecule has 0 unspecified atom stereocenters. The number of hydrogen-bond donors (Lipinski definition) is 0. The minimum atomic E-state index is -0.568. The van der Waals surface area contributed by atoms with Crippen LogP contribution in [0.25, 0.3) is 0 Å². The molecule has 0 radical (unpaired) electrons. The molecular weight excluding hydrogens is 741 g/mol. The molecule has 0 spiro atoms. The lowest BCUT2D eigenvalue weighted by molar-refractivity contribution is -0.162. The first-order valence-corrected chi connectivity index (χ1v) is 25.5. The van der Waals surface area contributed by atoms with Crippen molar-refractivity contribution >= 4 is 11.9 Å². The highest BCUT2D eigenvalue weighted by molar-refractivity contribution is 5.70. The van der Waals surface area contributed by atoms with Crippen LogP contribution < -0.4 is 0 Å².